The molecule has 0 heterocycles. The van der Waals surface area contributed by atoms with Crippen LogP contribution in [-0.2, 0) is 4.79 Å². The van der Waals surface area contributed by atoms with E-state index >= 15 is 0 Å². The summed E-state index contributed by atoms with van der Waals surface area (Å²) in [6, 6.07) is 2.00. The predicted molar refractivity (Wildman–Crippen MR) is 66.1 cm³/mol. The smallest absolute Gasteiger partial charge is 0.224 e. The van der Waals surface area contributed by atoms with E-state index in [2.05, 4.69) is 11.4 Å². The summed E-state index contributed by atoms with van der Waals surface area (Å²) in [5.74, 6) is 0.716. The van der Waals surface area contributed by atoms with E-state index in [4.69, 9.17) is 5.26 Å². The van der Waals surface area contributed by atoms with Crippen LogP contribution in [0.15, 0.2) is 0 Å². The van der Waals surface area contributed by atoms with Crippen LogP contribution in [-0.4, -0.2) is 11.9 Å². The van der Waals surface area contributed by atoms with Crippen molar-refractivity contribution in [3.8, 4) is 6.07 Å². The van der Waals surface area contributed by atoms with E-state index in [0.717, 1.165) is 25.7 Å². The second kappa shape index (κ2) is 6.05. The molecule has 2 saturated carbocycles. The van der Waals surface area contributed by atoms with Gasteiger partial charge in [0, 0.05) is 5.92 Å². The van der Waals surface area contributed by atoms with Gasteiger partial charge in [0.05, 0.1) is 6.07 Å². The lowest BCUT2D eigenvalue weighted by Crippen LogP contribution is -2.39. The van der Waals surface area contributed by atoms with Gasteiger partial charge in [-0.25, -0.2) is 0 Å². The number of hydrogen-bond donors (Lipinski definition) is 1. The molecule has 0 spiro atoms. The summed E-state index contributed by atoms with van der Waals surface area (Å²) in [5.41, 5.74) is 0. The number of nitrogens with one attached hydrogen (secondary N) is 1. The van der Waals surface area contributed by atoms with Crippen LogP contribution < -0.4 is 5.32 Å². The molecule has 17 heavy (non-hydrogen) atoms. The fourth-order valence-corrected chi connectivity index (χ4v) is 2.67. The summed E-state index contributed by atoms with van der Waals surface area (Å²) in [6.45, 7) is 0. The first-order chi connectivity index (χ1) is 8.31. The van der Waals surface area contributed by atoms with E-state index in [9.17, 15) is 4.79 Å². The van der Waals surface area contributed by atoms with Gasteiger partial charge in [0.25, 0.3) is 0 Å². The van der Waals surface area contributed by atoms with Gasteiger partial charge in [0.2, 0.25) is 5.91 Å². The van der Waals surface area contributed by atoms with E-state index in [1.165, 1.54) is 32.1 Å². The molecule has 2 aliphatic carbocycles. The second-order valence-electron chi connectivity index (χ2n) is 5.49. The van der Waals surface area contributed by atoms with Crippen molar-refractivity contribution in [2.75, 3.05) is 0 Å². The third-order valence-electron chi connectivity index (χ3n) is 4.01. The van der Waals surface area contributed by atoms with Crippen LogP contribution in [0.3, 0.4) is 0 Å². The Bertz CT molecular complexity index is 296. The predicted octanol–water partition coefficient (Wildman–Crippen LogP) is 2.77. The first-order valence-corrected chi connectivity index (χ1v) is 7.01. The molecule has 1 atom stereocenters. The van der Waals surface area contributed by atoms with E-state index in [1.54, 1.807) is 0 Å². The Balaban J connectivity index is 1.82. The van der Waals surface area contributed by atoms with Crippen molar-refractivity contribution in [2.45, 2.75) is 63.8 Å². The summed E-state index contributed by atoms with van der Waals surface area (Å²) in [5, 5.41) is 12.0. The number of nitrogens with zero attached hydrogens (tertiary/aromatic N) is 1. The molecule has 1 amide bonds. The highest BCUT2D eigenvalue weighted by Gasteiger charge is 2.33. The van der Waals surface area contributed by atoms with Gasteiger partial charge in [-0.1, -0.05) is 32.1 Å². The first-order valence-electron chi connectivity index (χ1n) is 7.01. The number of amides is 1. The Kier molecular flexibility index (Phi) is 4.42. The van der Waals surface area contributed by atoms with Crippen LogP contribution in [0, 0.1) is 23.2 Å². The van der Waals surface area contributed by atoms with Crippen molar-refractivity contribution < 1.29 is 4.79 Å². The van der Waals surface area contributed by atoms with Crippen LogP contribution in [0.1, 0.15) is 57.8 Å². The molecule has 2 rings (SSSR count). The number of carbonyl (C=O) groups is 1. The van der Waals surface area contributed by atoms with Gasteiger partial charge in [-0.3, -0.25) is 4.79 Å². The van der Waals surface area contributed by atoms with E-state index in [0.29, 0.717) is 5.92 Å². The third kappa shape index (κ3) is 3.73. The molecular formula is C14H22N2O. The third-order valence-corrected chi connectivity index (χ3v) is 4.01. The standard InChI is InChI=1S/C14H22N2O/c15-10-13(11-8-9-11)16-14(17)12-6-4-2-1-3-5-7-12/h11-13H,1-9H2,(H,16,17). The molecule has 2 fully saturated rings. The molecule has 3 heteroatoms. The number of nitriles is 1. The molecule has 0 aromatic rings. The fourth-order valence-electron chi connectivity index (χ4n) is 2.67. The van der Waals surface area contributed by atoms with Gasteiger partial charge in [-0.05, 0) is 31.6 Å². The monoisotopic (exact) mass is 234 g/mol. The molecule has 1 N–H and O–H groups in total. The fraction of sp³-hybridized carbons (Fsp3) is 0.857. The maximum absolute atomic E-state index is 12.1. The molecule has 0 saturated heterocycles. The highest BCUT2D eigenvalue weighted by atomic mass is 16.1. The Hall–Kier alpha value is -1.04. The van der Waals surface area contributed by atoms with E-state index < -0.39 is 0 Å². The highest BCUT2D eigenvalue weighted by Crippen LogP contribution is 2.32. The summed E-state index contributed by atoms with van der Waals surface area (Å²) in [4.78, 5) is 12.1. The summed E-state index contributed by atoms with van der Waals surface area (Å²) in [7, 11) is 0. The van der Waals surface area contributed by atoms with Gasteiger partial charge in [-0.2, -0.15) is 5.26 Å². The van der Waals surface area contributed by atoms with Crippen molar-refractivity contribution in [3.63, 3.8) is 0 Å². The average Bonchev–Trinajstić information content (AvgIpc) is 3.08. The normalized spacial score (nSPS) is 24.2. The maximum atomic E-state index is 12.1. The minimum atomic E-state index is -0.229. The van der Waals surface area contributed by atoms with Crippen LogP contribution in [0.4, 0.5) is 0 Å². The quantitative estimate of drug-likeness (QED) is 0.816. The molecule has 0 aromatic carbocycles. The molecule has 94 valence electrons. The Labute approximate surface area is 104 Å². The van der Waals surface area contributed by atoms with Crippen LogP contribution >= 0.6 is 0 Å². The van der Waals surface area contributed by atoms with Gasteiger partial charge >= 0.3 is 0 Å². The second-order valence-corrected chi connectivity index (χ2v) is 5.49. The SMILES string of the molecule is N#CC(NC(=O)C1CCCCCCC1)C1CC1. The van der Waals surface area contributed by atoms with Crippen LogP contribution in [0.2, 0.25) is 0 Å². The lowest BCUT2D eigenvalue weighted by molar-refractivity contribution is -0.126. The van der Waals surface area contributed by atoms with Crippen LogP contribution in [0.5, 0.6) is 0 Å². The Morgan fingerprint density at radius 1 is 1.06 bits per heavy atom. The molecule has 0 bridgehead atoms. The molecule has 0 aromatic heterocycles. The average molecular weight is 234 g/mol. The zero-order chi connectivity index (χ0) is 12.1. The highest BCUT2D eigenvalue weighted by molar-refractivity contribution is 5.79. The van der Waals surface area contributed by atoms with Crippen molar-refractivity contribution >= 4 is 5.91 Å². The van der Waals surface area contributed by atoms with Crippen molar-refractivity contribution in [1.82, 2.24) is 5.32 Å². The molecule has 0 aliphatic heterocycles. The maximum Gasteiger partial charge on any atom is 0.224 e. The minimum absolute atomic E-state index is 0.130. The number of carbonyl (C=O) groups excluding carboxylic acids is 1. The molecule has 3 nitrogen and oxygen atoms in total. The molecular weight excluding hydrogens is 212 g/mol. The number of rotatable bonds is 3. The number of hydrogen-bond acceptors (Lipinski definition) is 2. The van der Waals surface area contributed by atoms with Gasteiger partial charge in [0.15, 0.2) is 0 Å². The topological polar surface area (TPSA) is 52.9 Å². The van der Waals surface area contributed by atoms with Gasteiger partial charge in [-0.15, -0.1) is 0 Å². The molecule has 2 aliphatic rings. The summed E-state index contributed by atoms with van der Waals surface area (Å²) < 4.78 is 0. The van der Waals surface area contributed by atoms with E-state index in [-0.39, 0.29) is 17.9 Å². The lowest BCUT2D eigenvalue weighted by Gasteiger charge is -2.20. The zero-order valence-corrected chi connectivity index (χ0v) is 10.5. The minimum Gasteiger partial charge on any atom is -0.340 e. The largest absolute Gasteiger partial charge is 0.340 e. The summed E-state index contributed by atoms with van der Waals surface area (Å²) >= 11 is 0. The van der Waals surface area contributed by atoms with Crippen LogP contribution in [0.25, 0.3) is 0 Å². The lowest BCUT2D eigenvalue weighted by atomic mass is 9.90. The van der Waals surface area contributed by atoms with Gasteiger partial charge in [0.1, 0.15) is 6.04 Å². The van der Waals surface area contributed by atoms with E-state index in [1.807, 2.05) is 0 Å². The van der Waals surface area contributed by atoms with Gasteiger partial charge < -0.3 is 5.32 Å². The summed E-state index contributed by atoms with van der Waals surface area (Å²) in [6.07, 6.45) is 10.4. The molecule has 1 unspecified atom stereocenters. The Morgan fingerprint density at radius 3 is 2.18 bits per heavy atom. The van der Waals surface area contributed by atoms with Crippen molar-refractivity contribution in [3.05, 3.63) is 0 Å². The van der Waals surface area contributed by atoms with Crippen molar-refractivity contribution in [1.29, 1.82) is 5.26 Å². The first kappa shape index (κ1) is 12.4. The zero-order valence-electron chi connectivity index (χ0n) is 10.5. The molecule has 0 radical (unpaired) electrons. The van der Waals surface area contributed by atoms with Crippen molar-refractivity contribution in [2.24, 2.45) is 11.8 Å². The Morgan fingerprint density at radius 2 is 1.65 bits per heavy atom.